The first-order valence-corrected chi connectivity index (χ1v) is 12.0. The SMILES string of the molecule is Cc1cn2nc(C3=CC(=O)N4C=C(C5CCN(CCO)CC5)C=CC4P3)cc2c(C)n1. The topological polar surface area (TPSA) is 74.0 Å². The van der Waals surface area contributed by atoms with Gasteiger partial charge in [-0.25, -0.2) is 4.52 Å². The first-order valence-electron chi connectivity index (χ1n) is 10.9. The molecule has 0 aromatic carbocycles. The lowest BCUT2D eigenvalue weighted by Gasteiger charge is -2.37. The molecule has 1 N–H and O–H groups in total. The molecule has 2 unspecified atom stereocenters. The molecule has 5 rings (SSSR count). The van der Waals surface area contributed by atoms with E-state index < -0.39 is 0 Å². The number of aliphatic hydroxyl groups is 1. The second-order valence-electron chi connectivity index (χ2n) is 8.55. The Morgan fingerprint density at radius 2 is 2.06 bits per heavy atom. The fraction of sp³-hybridized carbons (Fsp3) is 0.435. The molecule has 5 heterocycles. The van der Waals surface area contributed by atoms with Gasteiger partial charge in [-0.3, -0.25) is 9.78 Å². The van der Waals surface area contributed by atoms with Gasteiger partial charge in [-0.05, 0) is 57.3 Å². The van der Waals surface area contributed by atoms with Gasteiger partial charge in [0.05, 0.1) is 41.2 Å². The molecule has 162 valence electrons. The number of carbonyl (C=O) groups is 1. The predicted molar refractivity (Wildman–Crippen MR) is 123 cm³/mol. The van der Waals surface area contributed by atoms with Crippen LogP contribution >= 0.6 is 8.58 Å². The lowest BCUT2D eigenvalue weighted by Crippen LogP contribution is -2.38. The van der Waals surface area contributed by atoms with E-state index in [9.17, 15) is 4.79 Å². The number of nitrogens with zero attached hydrogens (tertiary/aromatic N) is 5. The van der Waals surface area contributed by atoms with Crippen molar-refractivity contribution in [2.24, 2.45) is 5.92 Å². The maximum absolute atomic E-state index is 13.0. The molecule has 0 spiro atoms. The van der Waals surface area contributed by atoms with Crippen molar-refractivity contribution in [3.8, 4) is 0 Å². The zero-order valence-electron chi connectivity index (χ0n) is 18.0. The molecule has 7 nitrogen and oxygen atoms in total. The third-order valence-corrected chi connectivity index (χ3v) is 7.87. The first kappa shape index (κ1) is 20.6. The Kier molecular flexibility index (Phi) is 5.51. The van der Waals surface area contributed by atoms with Crippen LogP contribution in [0.25, 0.3) is 10.8 Å². The van der Waals surface area contributed by atoms with Crippen molar-refractivity contribution in [2.45, 2.75) is 32.5 Å². The van der Waals surface area contributed by atoms with Gasteiger partial charge in [-0.2, -0.15) is 5.10 Å². The lowest BCUT2D eigenvalue weighted by molar-refractivity contribution is -0.123. The molecule has 0 saturated carbocycles. The summed E-state index contributed by atoms with van der Waals surface area (Å²) in [5.74, 6) is 0.573. The van der Waals surface area contributed by atoms with Crippen LogP contribution in [0.2, 0.25) is 0 Å². The highest BCUT2D eigenvalue weighted by Crippen LogP contribution is 2.45. The zero-order valence-corrected chi connectivity index (χ0v) is 19.0. The number of piperidine rings is 1. The van der Waals surface area contributed by atoms with Crippen molar-refractivity contribution in [3.05, 3.63) is 59.3 Å². The number of β-amino-alcohol motifs (C(OH)–C–C–N with tert-alkyl or cyclic N) is 1. The number of fused-ring (bicyclic) bond motifs is 2. The molecule has 3 aliphatic rings. The monoisotopic (exact) mass is 437 g/mol. The van der Waals surface area contributed by atoms with Gasteiger partial charge in [0.25, 0.3) is 5.91 Å². The van der Waals surface area contributed by atoms with Crippen molar-refractivity contribution in [1.82, 2.24) is 24.4 Å². The molecule has 2 aromatic heterocycles. The van der Waals surface area contributed by atoms with Crippen LogP contribution in [-0.2, 0) is 4.79 Å². The van der Waals surface area contributed by atoms with Crippen molar-refractivity contribution >= 4 is 25.3 Å². The molecule has 0 radical (unpaired) electrons. The number of likely N-dealkylation sites (tertiary alicyclic amines) is 1. The van der Waals surface area contributed by atoms with Gasteiger partial charge in [0, 0.05) is 24.1 Å². The van der Waals surface area contributed by atoms with Gasteiger partial charge >= 0.3 is 0 Å². The average molecular weight is 437 g/mol. The molecule has 2 aromatic rings. The number of rotatable bonds is 4. The van der Waals surface area contributed by atoms with Crippen LogP contribution in [0.3, 0.4) is 0 Å². The van der Waals surface area contributed by atoms with Crippen molar-refractivity contribution in [2.75, 3.05) is 26.2 Å². The van der Waals surface area contributed by atoms with Crippen LogP contribution in [-0.4, -0.2) is 67.4 Å². The van der Waals surface area contributed by atoms with E-state index in [1.165, 1.54) is 5.57 Å². The standard InChI is InChI=1S/C23H28N5O2P/c1-15-13-28-20(16(2)24-15)11-19(25-28)21-12-22(30)27-14-18(3-4-23(27)31-21)17-5-7-26(8-6-17)9-10-29/h3-4,11-14,17,23,29,31H,5-10H2,1-2H3. The fourth-order valence-corrected chi connectivity index (χ4v) is 6.07. The third kappa shape index (κ3) is 3.98. The number of aliphatic hydroxyl groups excluding tert-OH is 1. The highest BCUT2D eigenvalue weighted by molar-refractivity contribution is 7.51. The summed E-state index contributed by atoms with van der Waals surface area (Å²) in [4.78, 5) is 21.7. The van der Waals surface area contributed by atoms with E-state index in [2.05, 4.69) is 28.2 Å². The van der Waals surface area contributed by atoms with E-state index in [1.807, 2.05) is 35.5 Å². The minimum atomic E-state index is 0.0291. The molecule has 8 heteroatoms. The zero-order chi connectivity index (χ0) is 21.5. The number of aryl methyl sites for hydroxylation is 2. The summed E-state index contributed by atoms with van der Waals surface area (Å²) in [5, 5.41) is 14.9. The van der Waals surface area contributed by atoms with E-state index >= 15 is 0 Å². The highest BCUT2D eigenvalue weighted by Gasteiger charge is 2.31. The molecule has 31 heavy (non-hydrogen) atoms. The van der Waals surface area contributed by atoms with Gasteiger partial charge in [0.15, 0.2) is 0 Å². The number of aromatic nitrogens is 3. The van der Waals surface area contributed by atoms with Crippen LogP contribution in [0, 0.1) is 19.8 Å². The van der Waals surface area contributed by atoms with E-state index in [4.69, 9.17) is 10.2 Å². The third-order valence-electron chi connectivity index (χ3n) is 6.40. The summed E-state index contributed by atoms with van der Waals surface area (Å²) in [5.41, 5.74) is 4.97. The number of carbonyl (C=O) groups excluding carboxylic acids is 1. The Balaban J connectivity index is 1.35. The molecular weight excluding hydrogens is 409 g/mol. The summed E-state index contributed by atoms with van der Waals surface area (Å²) < 4.78 is 1.87. The van der Waals surface area contributed by atoms with E-state index in [-0.39, 0.29) is 18.3 Å². The Bertz CT molecular complexity index is 1110. The number of hydrogen-bond donors (Lipinski definition) is 1. The smallest absolute Gasteiger partial charge is 0.252 e. The fourth-order valence-electron chi connectivity index (χ4n) is 4.74. The number of allylic oxidation sites excluding steroid dienone is 2. The van der Waals surface area contributed by atoms with Crippen molar-refractivity contribution < 1.29 is 9.90 Å². The minimum Gasteiger partial charge on any atom is -0.395 e. The second-order valence-corrected chi connectivity index (χ2v) is 9.97. The van der Waals surface area contributed by atoms with Crippen LogP contribution in [0.5, 0.6) is 0 Å². The summed E-state index contributed by atoms with van der Waals surface area (Å²) in [6, 6.07) is 2.04. The maximum atomic E-state index is 13.0. The van der Waals surface area contributed by atoms with Crippen molar-refractivity contribution in [1.29, 1.82) is 0 Å². The number of hydrogen-bond acceptors (Lipinski definition) is 5. The molecule has 0 aliphatic carbocycles. The van der Waals surface area contributed by atoms with E-state index in [1.54, 1.807) is 6.08 Å². The lowest BCUT2D eigenvalue weighted by atomic mass is 9.88. The summed E-state index contributed by atoms with van der Waals surface area (Å²) in [7, 11) is 0.462. The molecule has 2 atom stereocenters. The molecule has 1 fully saturated rings. The first-order chi connectivity index (χ1) is 15.0. The second kappa shape index (κ2) is 8.30. The highest BCUT2D eigenvalue weighted by atomic mass is 31.1. The molecule has 3 aliphatic heterocycles. The molecular formula is C23H28N5O2P. The van der Waals surface area contributed by atoms with Gasteiger partial charge in [-0.15, -0.1) is 0 Å². The van der Waals surface area contributed by atoms with Crippen LogP contribution in [0.4, 0.5) is 0 Å². The Labute approximate surface area is 183 Å². The Morgan fingerprint density at radius 1 is 1.26 bits per heavy atom. The summed E-state index contributed by atoms with van der Waals surface area (Å²) in [6.07, 6.45) is 12.3. The van der Waals surface area contributed by atoms with Gasteiger partial charge in [0.2, 0.25) is 0 Å². The summed E-state index contributed by atoms with van der Waals surface area (Å²) in [6.45, 7) is 6.92. The molecule has 0 bridgehead atoms. The predicted octanol–water partition coefficient (Wildman–Crippen LogP) is 2.69. The van der Waals surface area contributed by atoms with Crippen LogP contribution < -0.4 is 0 Å². The van der Waals surface area contributed by atoms with E-state index in [0.29, 0.717) is 14.5 Å². The summed E-state index contributed by atoms with van der Waals surface area (Å²) >= 11 is 0. The van der Waals surface area contributed by atoms with Gasteiger partial charge in [-0.1, -0.05) is 20.7 Å². The van der Waals surface area contributed by atoms with Crippen LogP contribution in [0.15, 0.2) is 42.3 Å². The normalized spacial score (nSPS) is 23.4. The van der Waals surface area contributed by atoms with Gasteiger partial charge in [0.1, 0.15) is 0 Å². The van der Waals surface area contributed by atoms with Gasteiger partial charge < -0.3 is 14.9 Å². The quantitative estimate of drug-likeness (QED) is 0.745. The molecule has 1 amide bonds. The largest absolute Gasteiger partial charge is 0.395 e. The van der Waals surface area contributed by atoms with Crippen LogP contribution in [0.1, 0.15) is 29.9 Å². The average Bonchev–Trinajstić information content (AvgIpc) is 3.19. The Hall–Kier alpha value is -2.34. The Morgan fingerprint density at radius 3 is 2.84 bits per heavy atom. The van der Waals surface area contributed by atoms with E-state index in [0.717, 1.165) is 60.4 Å². The number of amides is 1. The molecule has 1 saturated heterocycles. The minimum absolute atomic E-state index is 0.0291. The van der Waals surface area contributed by atoms with Crippen molar-refractivity contribution in [3.63, 3.8) is 0 Å². The maximum Gasteiger partial charge on any atom is 0.252 e.